The summed E-state index contributed by atoms with van der Waals surface area (Å²) in [5.74, 6) is -0.571. The normalized spacial score (nSPS) is 11.7. The fourth-order valence-electron chi connectivity index (χ4n) is 1.27. The van der Waals surface area contributed by atoms with E-state index in [1.165, 1.54) is 17.8 Å². The van der Waals surface area contributed by atoms with E-state index in [1.807, 2.05) is 0 Å². The molecule has 1 N–H and O–H groups in total. The van der Waals surface area contributed by atoms with Crippen molar-refractivity contribution < 1.29 is 18.3 Å². The summed E-state index contributed by atoms with van der Waals surface area (Å²) >= 11 is 1.26. The van der Waals surface area contributed by atoms with Gasteiger partial charge in [0.15, 0.2) is 9.84 Å². The average molecular weight is 288 g/mol. The second-order valence-corrected chi connectivity index (χ2v) is 7.88. The molecule has 4 nitrogen and oxygen atoms in total. The van der Waals surface area contributed by atoms with Gasteiger partial charge in [-0.3, -0.25) is 0 Å². The van der Waals surface area contributed by atoms with Crippen LogP contribution in [0.3, 0.4) is 0 Å². The maximum Gasteiger partial charge on any atom is 0.336 e. The molecule has 0 saturated carbocycles. The smallest absolute Gasteiger partial charge is 0.336 e. The number of aromatic carboxylic acids is 1. The fraction of sp³-hybridized carbons (Fsp3) is 0.417. The van der Waals surface area contributed by atoms with E-state index in [1.54, 1.807) is 32.0 Å². The van der Waals surface area contributed by atoms with Gasteiger partial charge in [-0.25, -0.2) is 13.2 Å². The zero-order chi connectivity index (χ0) is 13.8. The van der Waals surface area contributed by atoms with E-state index in [0.29, 0.717) is 10.6 Å². The number of carboxylic acids is 1. The molecule has 6 heteroatoms. The Balaban J connectivity index is 2.68. The minimum absolute atomic E-state index is 0.0588. The monoisotopic (exact) mass is 288 g/mol. The Morgan fingerprint density at radius 2 is 1.94 bits per heavy atom. The number of sulfone groups is 1. The van der Waals surface area contributed by atoms with Crippen molar-refractivity contribution in [3.8, 4) is 0 Å². The number of hydrogen-bond acceptors (Lipinski definition) is 4. The van der Waals surface area contributed by atoms with Crippen LogP contribution in [0.15, 0.2) is 29.2 Å². The highest BCUT2D eigenvalue weighted by Crippen LogP contribution is 2.23. The Hall–Kier alpha value is -1.01. The predicted octanol–water partition coefficient (Wildman–Crippen LogP) is 2.30. The molecule has 0 unspecified atom stereocenters. The van der Waals surface area contributed by atoms with Gasteiger partial charge in [0.1, 0.15) is 0 Å². The highest BCUT2D eigenvalue weighted by atomic mass is 32.2. The van der Waals surface area contributed by atoms with Crippen LogP contribution in [0.25, 0.3) is 0 Å². The van der Waals surface area contributed by atoms with E-state index in [-0.39, 0.29) is 11.3 Å². The van der Waals surface area contributed by atoms with Crippen LogP contribution in [-0.4, -0.2) is 36.2 Å². The number of hydrogen-bond donors (Lipinski definition) is 1. The lowest BCUT2D eigenvalue weighted by Gasteiger charge is -2.08. The number of rotatable bonds is 6. The zero-order valence-electron chi connectivity index (χ0n) is 10.3. The van der Waals surface area contributed by atoms with Gasteiger partial charge < -0.3 is 5.11 Å². The van der Waals surface area contributed by atoms with Gasteiger partial charge in [0, 0.05) is 10.6 Å². The summed E-state index contributed by atoms with van der Waals surface area (Å²) < 4.78 is 23.2. The van der Waals surface area contributed by atoms with E-state index in [4.69, 9.17) is 5.11 Å². The largest absolute Gasteiger partial charge is 0.478 e. The van der Waals surface area contributed by atoms with Crippen molar-refractivity contribution >= 4 is 27.6 Å². The number of carbonyl (C=O) groups is 1. The summed E-state index contributed by atoms with van der Waals surface area (Å²) in [6.45, 7) is 3.29. The third-order valence-electron chi connectivity index (χ3n) is 2.46. The van der Waals surface area contributed by atoms with Crippen LogP contribution in [-0.2, 0) is 9.84 Å². The Kier molecular flexibility index (Phi) is 5.22. The number of thioether (sulfide) groups is 1. The topological polar surface area (TPSA) is 71.4 Å². The molecule has 0 aromatic heterocycles. The van der Waals surface area contributed by atoms with Crippen LogP contribution < -0.4 is 0 Å². The summed E-state index contributed by atoms with van der Waals surface area (Å²) in [5.41, 5.74) is 0.212. The first kappa shape index (κ1) is 15.0. The van der Waals surface area contributed by atoms with Gasteiger partial charge in [0.25, 0.3) is 0 Å². The van der Waals surface area contributed by atoms with Crippen molar-refractivity contribution in [1.29, 1.82) is 0 Å². The highest BCUT2D eigenvalue weighted by molar-refractivity contribution is 8.00. The van der Waals surface area contributed by atoms with Crippen molar-refractivity contribution in [3.63, 3.8) is 0 Å². The Labute approximate surface area is 111 Å². The minimum Gasteiger partial charge on any atom is -0.478 e. The molecule has 0 aliphatic rings. The summed E-state index contributed by atoms with van der Waals surface area (Å²) in [6.07, 6.45) is 0. The van der Waals surface area contributed by atoms with E-state index in [0.717, 1.165) is 0 Å². The molecule has 1 aromatic carbocycles. The molecular weight excluding hydrogens is 272 g/mol. The van der Waals surface area contributed by atoms with Gasteiger partial charge in [0.2, 0.25) is 0 Å². The zero-order valence-corrected chi connectivity index (χ0v) is 11.9. The molecule has 0 radical (unpaired) electrons. The Morgan fingerprint density at radius 1 is 1.33 bits per heavy atom. The van der Waals surface area contributed by atoms with Crippen molar-refractivity contribution in [2.24, 2.45) is 0 Å². The van der Waals surface area contributed by atoms with E-state index in [9.17, 15) is 13.2 Å². The van der Waals surface area contributed by atoms with Gasteiger partial charge in [-0.2, -0.15) is 0 Å². The molecule has 0 aliphatic heterocycles. The van der Waals surface area contributed by atoms with Gasteiger partial charge >= 0.3 is 5.97 Å². The van der Waals surface area contributed by atoms with Crippen LogP contribution in [0.2, 0.25) is 0 Å². The molecule has 0 aliphatic carbocycles. The molecular formula is C12H16O4S2. The second-order valence-electron chi connectivity index (χ2n) is 4.07. The lowest BCUT2D eigenvalue weighted by atomic mass is 10.2. The summed E-state index contributed by atoms with van der Waals surface area (Å²) in [4.78, 5) is 11.6. The van der Waals surface area contributed by atoms with Gasteiger partial charge in [-0.15, -0.1) is 11.8 Å². The van der Waals surface area contributed by atoms with E-state index >= 15 is 0 Å². The van der Waals surface area contributed by atoms with Crippen LogP contribution >= 0.6 is 11.8 Å². The van der Waals surface area contributed by atoms with Crippen LogP contribution in [0, 0.1) is 0 Å². The molecule has 0 atom stereocenters. The Morgan fingerprint density at radius 3 is 2.50 bits per heavy atom. The SMILES string of the molecule is CC(C)S(=O)(=O)CCSc1ccccc1C(=O)O. The number of benzene rings is 1. The first-order valence-electron chi connectivity index (χ1n) is 5.51. The van der Waals surface area contributed by atoms with Crippen LogP contribution in [0.1, 0.15) is 24.2 Å². The summed E-state index contributed by atoms with van der Waals surface area (Å²) in [6, 6.07) is 6.60. The lowest BCUT2D eigenvalue weighted by molar-refractivity contribution is 0.0693. The maximum atomic E-state index is 11.6. The van der Waals surface area contributed by atoms with Gasteiger partial charge in [0.05, 0.1) is 16.6 Å². The lowest BCUT2D eigenvalue weighted by Crippen LogP contribution is -2.19. The first-order valence-corrected chi connectivity index (χ1v) is 8.21. The molecule has 0 heterocycles. The molecule has 0 fully saturated rings. The molecule has 0 bridgehead atoms. The third kappa shape index (κ3) is 4.03. The average Bonchev–Trinajstić information content (AvgIpc) is 2.29. The molecule has 100 valence electrons. The van der Waals surface area contributed by atoms with E-state index in [2.05, 4.69) is 0 Å². The fourth-order valence-corrected chi connectivity index (χ4v) is 3.71. The quantitative estimate of drug-likeness (QED) is 0.813. The van der Waals surface area contributed by atoms with Gasteiger partial charge in [-0.1, -0.05) is 12.1 Å². The summed E-state index contributed by atoms with van der Waals surface area (Å²) in [5, 5.41) is 8.59. The number of carboxylic acid groups (broad SMARTS) is 1. The molecule has 1 rings (SSSR count). The molecule has 18 heavy (non-hydrogen) atoms. The van der Waals surface area contributed by atoms with Crippen molar-refractivity contribution in [2.45, 2.75) is 24.0 Å². The van der Waals surface area contributed by atoms with Crippen LogP contribution in [0.4, 0.5) is 0 Å². The minimum atomic E-state index is -3.07. The van der Waals surface area contributed by atoms with Crippen LogP contribution in [0.5, 0.6) is 0 Å². The highest BCUT2D eigenvalue weighted by Gasteiger charge is 2.16. The standard InChI is InChI=1S/C12H16O4S2/c1-9(2)18(15,16)8-7-17-11-6-4-3-5-10(11)12(13)14/h3-6,9H,7-8H2,1-2H3,(H,13,14). The maximum absolute atomic E-state index is 11.6. The Bertz CT molecular complexity index is 521. The van der Waals surface area contributed by atoms with Crippen molar-refractivity contribution in [1.82, 2.24) is 0 Å². The van der Waals surface area contributed by atoms with E-state index < -0.39 is 21.1 Å². The third-order valence-corrected chi connectivity index (χ3v) is 6.00. The van der Waals surface area contributed by atoms with Crippen molar-refractivity contribution in [2.75, 3.05) is 11.5 Å². The molecule has 0 saturated heterocycles. The molecule has 0 amide bonds. The first-order chi connectivity index (χ1) is 8.34. The predicted molar refractivity (Wildman–Crippen MR) is 73.0 cm³/mol. The van der Waals surface area contributed by atoms with Crippen molar-refractivity contribution in [3.05, 3.63) is 29.8 Å². The molecule has 1 aromatic rings. The second kappa shape index (κ2) is 6.24. The molecule has 0 spiro atoms. The van der Waals surface area contributed by atoms with Gasteiger partial charge in [-0.05, 0) is 26.0 Å². The summed E-state index contributed by atoms with van der Waals surface area (Å²) in [7, 11) is -3.07.